The Bertz CT molecular complexity index is 377. The monoisotopic (exact) mass is 271 g/mol. The molecule has 0 radical (unpaired) electrons. The highest BCUT2D eigenvalue weighted by Gasteiger charge is 2.21. The van der Waals surface area contributed by atoms with E-state index >= 15 is 0 Å². The fraction of sp³-hybridized carbons (Fsp3) is 0.500. The van der Waals surface area contributed by atoms with E-state index in [-0.39, 0.29) is 24.4 Å². The molecule has 1 saturated heterocycles. The van der Waals surface area contributed by atoms with Gasteiger partial charge >= 0.3 is 0 Å². The third-order valence-corrected chi connectivity index (χ3v) is 2.76. The van der Waals surface area contributed by atoms with Crippen molar-refractivity contribution in [3.8, 4) is 0 Å². The molecule has 1 aliphatic rings. The van der Waals surface area contributed by atoms with Crippen molar-refractivity contribution in [1.29, 1.82) is 0 Å². The Kier molecular flexibility index (Phi) is 5.88. The predicted octanol–water partition coefficient (Wildman–Crippen LogP) is 2.05. The van der Waals surface area contributed by atoms with Crippen molar-refractivity contribution in [3.05, 3.63) is 18.3 Å². The first-order valence-electron chi connectivity index (χ1n) is 5.86. The lowest BCUT2D eigenvalue weighted by molar-refractivity contribution is -0.129. The van der Waals surface area contributed by atoms with E-state index in [1.54, 1.807) is 13.2 Å². The summed E-state index contributed by atoms with van der Waals surface area (Å²) < 4.78 is 5.41. The molecule has 1 aliphatic heterocycles. The second kappa shape index (κ2) is 7.18. The number of pyridine rings is 1. The van der Waals surface area contributed by atoms with E-state index in [0.29, 0.717) is 12.3 Å². The topological polar surface area (TPSA) is 63.2 Å². The number of nitrogens with one attached hydrogen (secondary N) is 2. The van der Waals surface area contributed by atoms with Crippen LogP contribution in [0.4, 0.5) is 11.5 Å². The number of rotatable bonds is 3. The van der Waals surface area contributed by atoms with Gasteiger partial charge in [0.25, 0.3) is 5.91 Å². The lowest BCUT2D eigenvalue weighted by Gasteiger charge is -2.21. The zero-order chi connectivity index (χ0) is 12.1. The minimum absolute atomic E-state index is 0. The Morgan fingerprint density at radius 1 is 1.44 bits per heavy atom. The van der Waals surface area contributed by atoms with Crippen LogP contribution in [0.15, 0.2) is 18.3 Å². The number of amides is 1. The molecule has 0 spiro atoms. The number of nitrogens with zero attached hydrogens (tertiary/aromatic N) is 1. The Morgan fingerprint density at radius 2 is 2.28 bits per heavy atom. The van der Waals surface area contributed by atoms with Crippen LogP contribution in [0, 0.1) is 0 Å². The van der Waals surface area contributed by atoms with Crippen molar-refractivity contribution in [2.75, 3.05) is 24.3 Å². The normalized spacial score (nSPS) is 18.6. The van der Waals surface area contributed by atoms with Crippen molar-refractivity contribution < 1.29 is 9.53 Å². The van der Waals surface area contributed by atoms with Crippen LogP contribution >= 0.6 is 12.4 Å². The number of ether oxygens (including phenoxy) is 1. The summed E-state index contributed by atoms with van der Waals surface area (Å²) in [5.74, 6) is 0.695. The average molecular weight is 272 g/mol. The Morgan fingerprint density at radius 3 is 2.83 bits per heavy atom. The lowest BCUT2D eigenvalue weighted by Crippen LogP contribution is -2.33. The molecule has 0 aromatic carbocycles. The third-order valence-electron chi connectivity index (χ3n) is 2.76. The standard InChI is InChI=1S/C12H17N3O2.ClH/c1-13-11-6-5-9(8-14-11)15-12(16)10-4-2-3-7-17-10;/h5-6,8,10H,2-4,7H2,1H3,(H,13,14)(H,15,16);1H. The van der Waals surface area contributed by atoms with Gasteiger partial charge in [-0.3, -0.25) is 4.79 Å². The van der Waals surface area contributed by atoms with Crippen molar-refractivity contribution >= 4 is 29.8 Å². The van der Waals surface area contributed by atoms with Crippen LogP contribution in [0.1, 0.15) is 19.3 Å². The highest BCUT2D eigenvalue weighted by Crippen LogP contribution is 2.15. The molecule has 0 aliphatic carbocycles. The number of aromatic nitrogens is 1. The van der Waals surface area contributed by atoms with E-state index < -0.39 is 0 Å². The van der Waals surface area contributed by atoms with Gasteiger partial charge in [0.15, 0.2) is 0 Å². The molecule has 1 fully saturated rings. The van der Waals surface area contributed by atoms with Gasteiger partial charge in [0.2, 0.25) is 0 Å². The molecule has 1 aromatic rings. The highest BCUT2D eigenvalue weighted by atomic mass is 35.5. The molecule has 2 rings (SSSR count). The highest BCUT2D eigenvalue weighted by molar-refractivity contribution is 5.94. The second-order valence-electron chi connectivity index (χ2n) is 4.03. The molecule has 1 amide bonds. The van der Waals surface area contributed by atoms with Crippen LogP contribution < -0.4 is 10.6 Å². The third kappa shape index (κ3) is 3.85. The maximum Gasteiger partial charge on any atom is 0.253 e. The van der Waals surface area contributed by atoms with Crippen LogP contribution in [-0.4, -0.2) is 30.6 Å². The molecule has 0 saturated carbocycles. The van der Waals surface area contributed by atoms with Crippen LogP contribution in [0.25, 0.3) is 0 Å². The number of halogens is 1. The van der Waals surface area contributed by atoms with E-state index in [1.807, 2.05) is 12.1 Å². The average Bonchev–Trinajstić information content (AvgIpc) is 2.40. The Balaban J connectivity index is 0.00000162. The van der Waals surface area contributed by atoms with Gasteiger partial charge in [0.1, 0.15) is 11.9 Å². The molecule has 18 heavy (non-hydrogen) atoms. The minimum atomic E-state index is -0.312. The number of hydrogen-bond donors (Lipinski definition) is 2. The van der Waals surface area contributed by atoms with Gasteiger partial charge in [-0.05, 0) is 31.4 Å². The summed E-state index contributed by atoms with van der Waals surface area (Å²) in [4.78, 5) is 16.0. The number of carbonyl (C=O) groups is 1. The summed E-state index contributed by atoms with van der Waals surface area (Å²) >= 11 is 0. The summed E-state index contributed by atoms with van der Waals surface area (Å²) in [5.41, 5.74) is 0.697. The van der Waals surface area contributed by atoms with Crippen LogP contribution in [0.2, 0.25) is 0 Å². The molecule has 1 unspecified atom stereocenters. The van der Waals surface area contributed by atoms with Crippen molar-refractivity contribution in [2.45, 2.75) is 25.4 Å². The van der Waals surface area contributed by atoms with Gasteiger partial charge in [0.05, 0.1) is 11.9 Å². The van der Waals surface area contributed by atoms with Gasteiger partial charge in [-0.15, -0.1) is 12.4 Å². The van der Waals surface area contributed by atoms with Crippen molar-refractivity contribution in [3.63, 3.8) is 0 Å². The summed E-state index contributed by atoms with van der Waals surface area (Å²) in [7, 11) is 1.80. The minimum Gasteiger partial charge on any atom is -0.373 e. The molecular weight excluding hydrogens is 254 g/mol. The van der Waals surface area contributed by atoms with Crippen molar-refractivity contribution in [1.82, 2.24) is 4.98 Å². The van der Waals surface area contributed by atoms with Gasteiger partial charge in [-0.2, -0.15) is 0 Å². The maximum absolute atomic E-state index is 11.8. The fourth-order valence-electron chi connectivity index (χ4n) is 1.79. The number of anilines is 2. The molecule has 0 bridgehead atoms. The molecule has 1 aromatic heterocycles. The zero-order valence-electron chi connectivity index (χ0n) is 10.3. The smallest absolute Gasteiger partial charge is 0.253 e. The first-order chi connectivity index (χ1) is 8.29. The quantitative estimate of drug-likeness (QED) is 0.883. The molecular formula is C12H18ClN3O2. The molecule has 2 N–H and O–H groups in total. The SMILES string of the molecule is CNc1ccc(NC(=O)C2CCCCO2)cn1.Cl. The van der Waals surface area contributed by atoms with Gasteiger partial charge < -0.3 is 15.4 Å². The van der Waals surface area contributed by atoms with Gasteiger partial charge in [-0.1, -0.05) is 0 Å². The molecule has 100 valence electrons. The largest absolute Gasteiger partial charge is 0.373 e. The van der Waals surface area contributed by atoms with E-state index in [1.165, 1.54) is 0 Å². The second-order valence-corrected chi connectivity index (χ2v) is 4.03. The van der Waals surface area contributed by atoms with Crippen LogP contribution in [0.3, 0.4) is 0 Å². The lowest BCUT2D eigenvalue weighted by atomic mass is 10.1. The first kappa shape index (κ1) is 14.7. The molecule has 2 heterocycles. The van der Waals surface area contributed by atoms with Gasteiger partial charge in [0, 0.05) is 13.7 Å². The van der Waals surface area contributed by atoms with Crippen molar-refractivity contribution in [2.24, 2.45) is 0 Å². The van der Waals surface area contributed by atoms with Crippen LogP contribution in [-0.2, 0) is 9.53 Å². The Hall–Kier alpha value is -1.33. The molecule has 5 nitrogen and oxygen atoms in total. The number of hydrogen-bond acceptors (Lipinski definition) is 4. The summed E-state index contributed by atoms with van der Waals surface area (Å²) in [5, 5.41) is 5.73. The van der Waals surface area contributed by atoms with E-state index in [2.05, 4.69) is 15.6 Å². The summed E-state index contributed by atoms with van der Waals surface area (Å²) in [6, 6.07) is 3.64. The summed E-state index contributed by atoms with van der Waals surface area (Å²) in [6.45, 7) is 0.676. The van der Waals surface area contributed by atoms with E-state index in [0.717, 1.165) is 25.1 Å². The zero-order valence-corrected chi connectivity index (χ0v) is 11.1. The van der Waals surface area contributed by atoms with E-state index in [4.69, 9.17) is 4.74 Å². The fourth-order valence-corrected chi connectivity index (χ4v) is 1.79. The molecule has 1 atom stereocenters. The maximum atomic E-state index is 11.8. The summed E-state index contributed by atoms with van der Waals surface area (Å²) in [6.07, 6.45) is 4.21. The first-order valence-corrected chi connectivity index (χ1v) is 5.86. The molecule has 6 heteroatoms. The van der Waals surface area contributed by atoms with E-state index in [9.17, 15) is 4.79 Å². The van der Waals surface area contributed by atoms with Gasteiger partial charge in [-0.25, -0.2) is 4.98 Å². The van der Waals surface area contributed by atoms with Crippen LogP contribution in [0.5, 0.6) is 0 Å². The predicted molar refractivity (Wildman–Crippen MR) is 73.3 cm³/mol. The Labute approximate surface area is 113 Å². The number of carbonyl (C=O) groups excluding carboxylic acids is 1.